The second kappa shape index (κ2) is 5.43. The van der Waals surface area contributed by atoms with Crippen LogP contribution in [0.2, 0.25) is 0 Å². The van der Waals surface area contributed by atoms with Crippen LogP contribution in [-0.4, -0.2) is 6.79 Å². The number of ether oxygens (including phenoxy) is 2. The smallest absolute Gasteiger partial charge is 0.231 e. The van der Waals surface area contributed by atoms with Crippen molar-refractivity contribution < 1.29 is 9.47 Å². The summed E-state index contributed by atoms with van der Waals surface area (Å²) >= 11 is 7.07. The summed E-state index contributed by atoms with van der Waals surface area (Å²) in [6, 6.07) is 12.0. The fraction of sp³-hybridized carbons (Fsp3) is 0.143. The molecule has 0 bridgehead atoms. The van der Waals surface area contributed by atoms with Gasteiger partial charge in [0, 0.05) is 21.2 Å². The van der Waals surface area contributed by atoms with Crippen molar-refractivity contribution >= 4 is 37.5 Å². The largest absolute Gasteiger partial charge is 0.454 e. The molecule has 3 nitrogen and oxygen atoms in total. The highest BCUT2D eigenvalue weighted by Gasteiger charge is 2.16. The molecule has 0 saturated carbocycles. The van der Waals surface area contributed by atoms with Crippen molar-refractivity contribution in [1.29, 1.82) is 0 Å². The minimum absolute atomic E-state index is 0.295. The van der Waals surface area contributed by atoms with Crippen LogP contribution in [0, 0.1) is 0 Å². The fourth-order valence-corrected chi connectivity index (χ4v) is 2.78. The highest BCUT2D eigenvalue weighted by atomic mass is 79.9. The molecule has 0 radical (unpaired) electrons. The van der Waals surface area contributed by atoms with Gasteiger partial charge in [-0.2, -0.15) is 0 Å². The van der Waals surface area contributed by atoms with Crippen LogP contribution in [-0.2, 0) is 6.54 Å². The minimum Gasteiger partial charge on any atom is -0.454 e. The van der Waals surface area contributed by atoms with Crippen molar-refractivity contribution in [3.05, 3.63) is 50.9 Å². The number of hydrogen-bond donors (Lipinski definition) is 1. The summed E-state index contributed by atoms with van der Waals surface area (Å²) in [5, 5.41) is 3.39. The average Bonchev–Trinajstić information content (AvgIpc) is 2.84. The van der Waals surface area contributed by atoms with Gasteiger partial charge in [-0.1, -0.05) is 28.1 Å². The standard InChI is InChI=1S/C14H11Br2NO2/c15-10-3-1-2-4-12(10)17-7-9-5-13-14(6-11(9)16)19-8-18-13/h1-6,17H,7-8H2. The molecule has 0 amide bonds. The van der Waals surface area contributed by atoms with Crippen molar-refractivity contribution in [2.24, 2.45) is 0 Å². The summed E-state index contributed by atoms with van der Waals surface area (Å²) in [6.07, 6.45) is 0. The van der Waals surface area contributed by atoms with E-state index in [0.717, 1.165) is 31.7 Å². The second-order valence-corrected chi connectivity index (χ2v) is 5.84. The van der Waals surface area contributed by atoms with Gasteiger partial charge in [-0.25, -0.2) is 0 Å². The van der Waals surface area contributed by atoms with Gasteiger partial charge in [0.2, 0.25) is 6.79 Å². The molecule has 2 aromatic carbocycles. The summed E-state index contributed by atoms with van der Waals surface area (Å²) in [5.74, 6) is 1.59. The number of para-hydroxylation sites is 1. The Balaban J connectivity index is 1.79. The zero-order valence-electron chi connectivity index (χ0n) is 9.95. The maximum absolute atomic E-state index is 5.39. The Hall–Kier alpha value is -1.20. The molecule has 1 aliphatic rings. The maximum atomic E-state index is 5.39. The molecule has 0 atom stereocenters. The minimum atomic E-state index is 0.295. The van der Waals surface area contributed by atoms with Gasteiger partial charge in [0.05, 0.1) is 0 Å². The molecular weight excluding hydrogens is 374 g/mol. The van der Waals surface area contributed by atoms with Gasteiger partial charge in [-0.15, -0.1) is 0 Å². The molecule has 5 heteroatoms. The van der Waals surface area contributed by atoms with Crippen molar-refractivity contribution in [1.82, 2.24) is 0 Å². The first-order valence-electron chi connectivity index (χ1n) is 5.80. The Morgan fingerprint density at radius 2 is 1.74 bits per heavy atom. The normalized spacial score (nSPS) is 12.5. The Morgan fingerprint density at radius 1 is 1.00 bits per heavy atom. The monoisotopic (exact) mass is 383 g/mol. The molecule has 1 heterocycles. The number of nitrogens with one attached hydrogen (secondary N) is 1. The van der Waals surface area contributed by atoms with Gasteiger partial charge in [0.15, 0.2) is 11.5 Å². The Kier molecular flexibility index (Phi) is 3.66. The van der Waals surface area contributed by atoms with Gasteiger partial charge >= 0.3 is 0 Å². The summed E-state index contributed by atoms with van der Waals surface area (Å²) in [4.78, 5) is 0. The van der Waals surface area contributed by atoms with Crippen molar-refractivity contribution in [3.63, 3.8) is 0 Å². The van der Waals surface area contributed by atoms with Crippen LogP contribution in [0.4, 0.5) is 5.69 Å². The van der Waals surface area contributed by atoms with Crippen LogP contribution < -0.4 is 14.8 Å². The Morgan fingerprint density at radius 3 is 2.53 bits per heavy atom. The lowest BCUT2D eigenvalue weighted by molar-refractivity contribution is 0.174. The molecule has 0 aliphatic carbocycles. The predicted octanol–water partition coefficient (Wildman–Crippen LogP) is 4.55. The molecule has 0 saturated heterocycles. The number of halogens is 2. The van der Waals surface area contributed by atoms with Crippen molar-refractivity contribution in [2.45, 2.75) is 6.54 Å². The number of anilines is 1. The molecule has 98 valence electrons. The quantitative estimate of drug-likeness (QED) is 0.841. The number of rotatable bonds is 3. The first-order chi connectivity index (χ1) is 9.24. The topological polar surface area (TPSA) is 30.5 Å². The Labute approximate surface area is 128 Å². The van der Waals surface area contributed by atoms with Crippen molar-refractivity contribution in [2.75, 3.05) is 12.1 Å². The van der Waals surface area contributed by atoms with E-state index in [-0.39, 0.29) is 0 Å². The third kappa shape index (κ3) is 2.72. The van der Waals surface area contributed by atoms with Crippen LogP contribution in [0.15, 0.2) is 45.3 Å². The van der Waals surface area contributed by atoms with Gasteiger partial charge in [0.25, 0.3) is 0 Å². The zero-order chi connectivity index (χ0) is 13.2. The fourth-order valence-electron chi connectivity index (χ4n) is 1.89. The molecule has 1 aliphatic heterocycles. The van der Waals surface area contributed by atoms with Gasteiger partial charge < -0.3 is 14.8 Å². The van der Waals surface area contributed by atoms with E-state index in [0.29, 0.717) is 13.3 Å². The van der Waals surface area contributed by atoms with Gasteiger partial charge in [-0.3, -0.25) is 0 Å². The van der Waals surface area contributed by atoms with E-state index in [1.54, 1.807) is 0 Å². The highest BCUT2D eigenvalue weighted by Crippen LogP contribution is 2.37. The third-order valence-electron chi connectivity index (χ3n) is 2.88. The maximum Gasteiger partial charge on any atom is 0.231 e. The molecule has 0 fully saturated rings. The molecule has 0 spiro atoms. The summed E-state index contributed by atoms with van der Waals surface area (Å²) < 4.78 is 12.8. The van der Waals surface area contributed by atoms with Crippen molar-refractivity contribution in [3.8, 4) is 11.5 Å². The highest BCUT2D eigenvalue weighted by molar-refractivity contribution is 9.11. The molecule has 0 aromatic heterocycles. The average molecular weight is 385 g/mol. The van der Waals surface area contributed by atoms with Crippen LogP contribution in [0.5, 0.6) is 11.5 Å². The summed E-state index contributed by atoms with van der Waals surface area (Å²) in [5.41, 5.74) is 2.19. The SMILES string of the molecule is Brc1cc2c(cc1CNc1ccccc1Br)OCO2. The summed E-state index contributed by atoms with van der Waals surface area (Å²) in [6.45, 7) is 1.00. The first kappa shape index (κ1) is 12.8. The summed E-state index contributed by atoms with van der Waals surface area (Å²) in [7, 11) is 0. The molecule has 3 rings (SSSR count). The van der Waals surface area contributed by atoms with Crippen LogP contribution in [0.1, 0.15) is 5.56 Å². The molecule has 2 aromatic rings. The van der Waals surface area contributed by atoms with E-state index >= 15 is 0 Å². The second-order valence-electron chi connectivity index (χ2n) is 4.13. The lowest BCUT2D eigenvalue weighted by Gasteiger charge is -2.10. The van der Waals surface area contributed by atoms with E-state index in [9.17, 15) is 0 Å². The molecule has 19 heavy (non-hydrogen) atoms. The van der Waals surface area contributed by atoms with E-state index < -0.39 is 0 Å². The zero-order valence-corrected chi connectivity index (χ0v) is 13.1. The van der Waals surface area contributed by atoms with Crippen LogP contribution in [0.25, 0.3) is 0 Å². The number of fused-ring (bicyclic) bond motifs is 1. The molecule has 0 unspecified atom stereocenters. The van der Waals surface area contributed by atoms with E-state index in [1.807, 2.05) is 36.4 Å². The number of benzene rings is 2. The van der Waals surface area contributed by atoms with E-state index in [2.05, 4.69) is 37.2 Å². The lowest BCUT2D eigenvalue weighted by Crippen LogP contribution is -2.00. The number of hydrogen-bond acceptors (Lipinski definition) is 3. The van der Waals surface area contributed by atoms with Crippen LogP contribution >= 0.6 is 31.9 Å². The van der Waals surface area contributed by atoms with Crippen LogP contribution in [0.3, 0.4) is 0 Å². The van der Waals surface area contributed by atoms with E-state index in [1.165, 1.54) is 0 Å². The molecule has 1 N–H and O–H groups in total. The molecular formula is C14H11Br2NO2. The predicted molar refractivity (Wildman–Crippen MR) is 81.7 cm³/mol. The lowest BCUT2D eigenvalue weighted by atomic mass is 10.2. The third-order valence-corrected chi connectivity index (χ3v) is 4.31. The first-order valence-corrected chi connectivity index (χ1v) is 7.39. The Bertz CT molecular complexity index is 616. The van der Waals surface area contributed by atoms with E-state index in [4.69, 9.17) is 9.47 Å². The van der Waals surface area contributed by atoms with Gasteiger partial charge in [-0.05, 0) is 45.8 Å². The van der Waals surface area contributed by atoms with Gasteiger partial charge in [0.1, 0.15) is 0 Å².